The summed E-state index contributed by atoms with van der Waals surface area (Å²) in [5, 5.41) is 8.60. The summed E-state index contributed by atoms with van der Waals surface area (Å²) in [7, 11) is 0. The fourth-order valence-electron chi connectivity index (χ4n) is 1.57. The second-order valence-electron chi connectivity index (χ2n) is 3.61. The zero-order valence-corrected chi connectivity index (χ0v) is 9.70. The number of β-amino-alcohol motifs (C(OH)–C–C–N with tert-alkyl or cyclic N) is 1. The van der Waals surface area contributed by atoms with Crippen LogP contribution in [0, 0.1) is 0 Å². The van der Waals surface area contributed by atoms with Crippen molar-refractivity contribution in [1.82, 2.24) is 4.90 Å². The summed E-state index contributed by atoms with van der Waals surface area (Å²) in [5.41, 5.74) is 0. The van der Waals surface area contributed by atoms with Gasteiger partial charge in [-0.25, -0.2) is 0 Å². The fourth-order valence-corrected chi connectivity index (χ4v) is 1.74. The molecule has 1 heterocycles. The summed E-state index contributed by atoms with van der Waals surface area (Å²) in [4.78, 5) is 2.25. The van der Waals surface area contributed by atoms with Gasteiger partial charge in [0.15, 0.2) is 5.06 Å². The number of hydrogen-bond acceptors (Lipinski definition) is 2. The Morgan fingerprint density at radius 1 is 1.31 bits per heavy atom. The van der Waals surface area contributed by atoms with Crippen LogP contribution >= 0.6 is 24.0 Å². The standard InChI is InChI=1S/C9H18ClNO.ClH/c1-2-9(10,12)8-11-6-4-3-5-7-11;/h12H,2-8H2,1H3;1H. The molecule has 1 unspecified atom stereocenters. The van der Waals surface area contributed by atoms with Crippen LogP contribution in [0.5, 0.6) is 0 Å². The van der Waals surface area contributed by atoms with Crippen LogP contribution < -0.4 is 0 Å². The molecule has 80 valence electrons. The Hall–Kier alpha value is 0.500. The van der Waals surface area contributed by atoms with E-state index < -0.39 is 5.06 Å². The number of piperidine rings is 1. The van der Waals surface area contributed by atoms with Gasteiger partial charge < -0.3 is 5.11 Å². The Balaban J connectivity index is 0.00000144. The third-order valence-corrected chi connectivity index (χ3v) is 2.84. The molecule has 0 spiro atoms. The number of rotatable bonds is 3. The molecule has 0 saturated carbocycles. The van der Waals surface area contributed by atoms with Crippen LogP contribution in [0.1, 0.15) is 32.6 Å². The van der Waals surface area contributed by atoms with Crippen molar-refractivity contribution in [2.45, 2.75) is 37.7 Å². The van der Waals surface area contributed by atoms with Crippen LogP contribution in [-0.2, 0) is 0 Å². The van der Waals surface area contributed by atoms with E-state index in [9.17, 15) is 5.11 Å². The topological polar surface area (TPSA) is 23.5 Å². The third kappa shape index (κ3) is 5.06. The van der Waals surface area contributed by atoms with E-state index in [-0.39, 0.29) is 12.4 Å². The SMILES string of the molecule is CCC(O)(Cl)CN1CCCCC1.Cl. The minimum atomic E-state index is -1.00. The predicted octanol–water partition coefficient (Wildman–Crippen LogP) is 2.23. The van der Waals surface area contributed by atoms with E-state index in [1.54, 1.807) is 0 Å². The van der Waals surface area contributed by atoms with Crippen molar-refractivity contribution in [1.29, 1.82) is 0 Å². The number of likely N-dealkylation sites (tertiary alicyclic amines) is 1. The average molecular weight is 228 g/mol. The lowest BCUT2D eigenvalue weighted by molar-refractivity contribution is 0.0645. The number of hydrogen-bond donors (Lipinski definition) is 1. The van der Waals surface area contributed by atoms with Gasteiger partial charge >= 0.3 is 0 Å². The summed E-state index contributed by atoms with van der Waals surface area (Å²) >= 11 is 5.87. The van der Waals surface area contributed by atoms with E-state index in [1.165, 1.54) is 19.3 Å². The quantitative estimate of drug-likeness (QED) is 0.749. The van der Waals surface area contributed by atoms with Gasteiger partial charge in [0.05, 0.1) is 0 Å². The van der Waals surface area contributed by atoms with Crippen LogP contribution in [0.4, 0.5) is 0 Å². The normalized spacial score (nSPS) is 23.3. The van der Waals surface area contributed by atoms with E-state index in [0.29, 0.717) is 13.0 Å². The minimum absolute atomic E-state index is 0. The maximum atomic E-state index is 9.60. The number of nitrogens with zero attached hydrogens (tertiary/aromatic N) is 1. The van der Waals surface area contributed by atoms with Gasteiger partial charge in [-0.1, -0.05) is 24.9 Å². The van der Waals surface area contributed by atoms with Gasteiger partial charge in [-0.3, -0.25) is 4.90 Å². The van der Waals surface area contributed by atoms with Crippen LogP contribution in [0.25, 0.3) is 0 Å². The highest BCUT2D eigenvalue weighted by Crippen LogP contribution is 2.19. The molecule has 0 aliphatic carbocycles. The summed E-state index contributed by atoms with van der Waals surface area (Å²) in [5.74, 6) is 0. The van der Waals surface area contributed by atoms with Crippen LogP contribution in [0.15, 0.2) is 0 Å². The van der Waals surface area contributed by atoms with Gasteiger partial charge in [-0.2, -0.15) is 0 Å². The van der Waals surface area contributed by atoms with Crippen molar-refractivity contribution in [3.8, 4) is 0 Å². The summed E-state index contributed by atoms with van der Waals surface area (Å²) < 4.78 is 0. The lowest BCUT2D eigenvalue weighted by atomic mass is 10.1. The molecular weight excluding hydrogens is 209 g/mol. The van der Waals surface area contributed by atoms with Crippen molar-refractivity contribution in [2.75, 3.05) is 19.6 Å². The molecular formula is C9H19Cl2NO. The lowest BCUT2D eigenvalue weighted by Crippen LogP contribution is -2.41. The lowest BCUT2D eigenvalue weighted by Gasteiger charge is -2.31. The molecule has 0 radical (unpaired) electrons. The molecule has 2 nitrogen and oxygen atoms in total. The molecule has 1 rings (SSSR count). The average Bonchev–Trinajstić information content (AvgIpc) is 2.06. The van der Waals surface area contributed by atoms with Crippen LogP contribution in [0.3, 0.4) is 0 Å². The molecule has 1 atom stereocenters. The summed E-state index contributed by atoms with van der Waals surface area (Å²) in [6, 6.07) is 0. The molecule has 1 aliphatic heterocycles. The first kappa shape index (κ1) is 13.5. The highest BCUT2D eigenvalue weighted by atomic mass is 35.5. The van der Waals surface area contributed by atoms with Crippen LogP contribution in [0.2, 0.25) is 0 Å². The smallest absolute Gasteiger partial charge is 0.150 e. The highest BCUT2D eigenvalue weighted by molar-refractivity contribution is 6.22. The Morgan fingerprint density at radius 2 is 1.85 bits per heavy atom. The van der Waals surface area contributed by atoms with Crippen molar-refractivity contribution in [2.24, 2.45) is 0 Å². The number of alkyl halides is 1. The van der Waals surface area contributed by atoms with Crippen molar-refractivity contribution in [3.05, 3.63) is 0 Å². The molecule has 1 aliphatic rings. The largest absolute Gasteiger partial charge is 0.374 e. The van der Waals surface area contributed by atoms with E-state index in [1.807, 2.05) is 6.92 Å². The predicted molar refractivity (Wildman–Crippen MR) is 58.6 cm³/mol. The van der Waals surface area contributed by atoms with E-state index in [0.717, 1.165) is 13.1 Å². The van der Waals surface area contributed by atoms with E-state index in [4.69, 9.17) is 11.6 Å². The first-order valence-electron chi connectivity index (χ1n) is 4.78. The van der Waals surface area contributed by atoms with Gasteiger partial charge in [0, 0.05) is 6.54 Å². The molecule has 13 heavy (non-hydrogen) atoms. The van der Waals surface area contributed by atoms with Gasteiger partial charge in [-0.15, -0.1) is 12.4 Å². The van der Waals surface area contributed by atoms with Crippen LogP contribution in [-0.4, -0.2) is 34.7 Å². The summed E-state index contributed by atoms with van der Waals surface area (Å²) in [6.07, 6.45) is 4.43. The summed E-state index contributed by atoms with van der Waals surface area (Å²) in [6.45, 7) is 4.71. The fraction of sp³-hybridized carbons (Fsp3) is 1.00. The number of aliphatic hydroxyl groups is 1. The Morgan fingerprint density at radius 3 is 2.31 bits per heavy atom. The second-order valence-corrected chi connectivity index (χ2v) is 4.31. The molecule has 0 aromatic carbocycles. The monoisotopic (exact) mass is 227 g/mol. The zero-order chi connectivity index (χ0) is 9.03. The molecule has 4 heteroatoms. The van der Waals surface area contributed by atoms with Crippen molar-refractivity contribution < 1.29 is 5.11 Å². The molecule has 1 fully saturated rings. The molecule has 1 saturated heterocycles. The number of halogens is 2. The maximum Gasteiger partial charge on any atom is 0.150 e. The molecule has 0 aromatic rings. The maximum absolute atomic E-state index is 9.60. The van der Waals surface area contributed by atoms with Gasteiger partial charge in [0.25, 0.3) is 0 Å². The van der Waals surface area contributed by atoms with Gasteiger partial charge in [-0.05, 0) is 32.4 Å². The molecule has 1 N–H and O–H groups in total. The third-order valence-electron chi connectivity index (χ3n) is 2.46. The van der Waals surface area contributed by atoms with E-state index in [2.05, 4.69) is 4.90 Å². The molecule has 0 bridgehead atoms. The Kier molecular flexibility index (Phi) is 6.31. The Bertz CT molecular complexity index is 136. The second kappa shape index (κ2) is 6.07. The van der Waals surface area contributed by atoms with Gasteiger partial charge in [0.2, 0.25) is 0 Å². The van der Waals surface area contributed by atoms with Crippen molar-refractivity contribution in [3.63, 3.8) is 0 Å². The van der Waals surface area contributed by atoms with Gasteiger partial charge in [0.1, 0.15) is 0 Å². The first-order valence-corrected chi connectivity index (χ1v) is 5.15. The van der Waals surface area contributed by atoms with Crippen molar-refractivity contribution >= 4 is 24.0 Å². The highest BCUT2D eigenvalue weighted by Gasteiger charge is 2.24. The van der Waals surface area contributed by atoms with E-state index >= 15 is 0 Å². The Labute approximate surface area is 91.7 Å². The zero-order valence-electron chi connectivity index (χ0n) is 8.13. The molecule has 0 aromatic heterocycles. The molecule has 0 amide bonds. The minimum Gasteiger partial charge on any atom is -0.374 e. The first-order chi connectivity index (χ1) is 5.64.